The number of carbonyl (C=O) groups is 1. The normalized spacial score (nSPS) is 11.7. The Morgan fingerprint density at radius 1 is 1.40 bits per heavy atom. The van der Waals surface area contributed by atoms with Gasteiger partial charge in [-0.15, -0.1) is 0 Å². The second-order valence-corrected chi connectivity index (χ2v) is 4.24. The first kappa shape index (κ1) is 16.2. The van der Waals surface area contributed by atoms with Gasteiger partial charge in [0.25, 0.3) is 0 Å². The van der Waals surface area contributed by atoms with Crippen LogP contribution in [0.4, 0.5) is 4.79 Å². The smallest absolute Gasteiger partial charge is 0.407 e. The van der Waals surface area contributed by atoms with E-state index in [0.717, 1.165) is 5.56 Å². The van der Waals surface area contributed by atoms with Crippen LogP contribution < -0.4 is 5.32 Å². The lowest BCUT2D eigenvalue weighted by Gasteiger charge is -2.17. The molecule has 0 aromatic heterocycles. The van der Waals surface area contributed by atoms with Crippen LogP contribution in [0.3, 0.4) is 0 Å². The Kier molecular flexibility index (Phi) is 8.10. The van der Waals surface area contributed by atoms with Crippen molar-refractivity contribution in [2.75, 3.05) is 19.8 Å². The average Bonchev–Trinajstić information content (AvgIpc) is 2.46. The standard InChI is InChI=1S/C15H21NO4/c1-2-10-20-15(18)16-14(8-9-17)12-19-11-13-6-4-3-5-7-13/h2-7,14,17H,1,8-12H2,(H,16,18). The summed E-state index contributed by atoms with van der Waals surface area (Å²) in [7, 11) is 0. The maximum absolute atomic E-state index is 11.4. The Morgan fingerprint density at radius 3 is 2.80 bits per heavy atom. The molecule has 1 aromatic rings. The van der Waals surface area contributed by atoms with Crippen LogP contribution in [0.25, 0.3) is 0 Å². The molecule has 5 heteroatoms. The predicted octanol–water partition coefficient (Wildman–Crippen LogP) is 1.87. The molecule has 1 aromatic carbocycles. The van der Waals surface area contributed by atoms with E-state index in [1.807, 2.05) is 30.3 Å². The number of aliphatic hydroxyl groups excluding tert-OH is 1. The van der Waals surface area contributed by atoms with E-state index in [2.05, 4.69) is 11.9 Å². The van der Waals surface area contributed by atoms with Crippen molar-refractivity contribution < 1.29 is 19.4 Å². The zero-order valence-corrected chi connectivity index (χ0v) is 11.5. The number of hydrogen-bond acceptors (Lipinski definition) is 4. The first-order valence-electron chi connectivity index (χ1n) is 6.53. The van der Waals surface area contributed by atoms with Crippen LogP contribution in [0.5, 0.6) is 0 Å². The van der Waals surface area contributed by atoms with Crippen molar-refractivity contribution in [3.8, 4) is 0 Å². The summed E-state index contributed by atoms with van der Waals surface area (Å²) in [6.45, 7) is 4.37. The van der Waals surface area contributed by atoms with Crippen LogP contribution in [0.1, 0.15) is 12.0 Å². The van der Waals surface area contributed by atoms with Gasteiger partial charge in [0.05, 0.1) is 19.3 Å². The maximum Gasteiger partial charge on any atom is 0.407 e. The molecule has 0 bridgehead atoms. The molecule has 20 heavy (non-hydrogen) atoms. The fourth-order valence-corrected chi connectivity index (χ4v) is 1.59. The molecule has 1 unspecified atom stereocenters. The number of nitrogens with one attached hydrogen (secondary N) is 1. The third kappa shape index (κ3) is 6.92. The highest BCUT2D eigenvalue weighted by molar-refractivity contribution is 5.67. The van der Waals surface area contributed by atoms with E-state index in [0.29, 0.717) is 19.6 Å². The van der Waals surface area contributed by atoms with Crippen molar-refractivity contribution in [1.29, 1.82) is 0 Å². The molecule has 0 aliphatic carbocycles. The van der Waals surface area contributed by atoms with Crippen LogP contribution >= 0.6 is 0 Å². The number of rotatable bonds is 9. The van der Waals surface area contributed by atoms with Crippen molar-refractivity contribution in [1.82, 2.24) is 5.32 Å². The predicted molar refractivity (Wildman–Crippen MR) is 76.3 cm³/mol. The van der Waals surface area contributed by atoms with Gasteiger partial charge in [-0.1, -0.05) is 43.0 Å². The minimum absolute atomic E-state index is 0.0267. The van der Waals surface area contributed by atoms with Gasteiger partial charge in [0, 0.05) is 6.61 Å². The van der Waals surface area contributed by atoms with Crippen LogP contribution in [0, 0.1) is 0 Å². The molecule has 1 atom stereocenters. The number of hydrogen-bond donors (Lipinski definition) is 2. The molecule has 0 radical (unpaired) electrons. The Bertz CT molecular complexity index is 394. The van der Waals surface area contributed by atoms with E-state index in [-0.39, 0.29) is 19.3 Å². The molecule has 110 valence electrons. The molecule has 1 amide bonds. The first-order valence-corrected chi connectivity index (χ1v) is 6.53. The Labute approximate surface area is 119 Å². The molecule has 1 rings (SSSR count). The number of benzene rings is 1. The van der Waals surface area contributed by atoms with Gasteiger partial charge in [-0.3, -0.25) is 0 Å². The molecular formula is C15H21NO4. The van der Waals surface area contributed by atoms with Crippen molar-refractivity contribution in [2.24, 2.45) is 0 Å². The van der Waals surface area contributed by atoms with E-state index in [9.17, 15) is 4.79 Å². The summed E-state index contributed by atoms with van der Waals surface area (Å²) in [4.78, 5) is 11.4. The Balaban J connectivity index is 2.31. The summed E-state index contributed by atoms with van der Waals surface area (Å²) in [5, 5.41) is 11.6. The number of amides is 1. The van der Waals surface area contributed by atoms with Crippen molar-refractivity contribution >= 4 is 6.09 Å². The van der Waals surface area contributed by atoms with Gasteiger partial charge in [-0.25, -0.2) is 4.79 Å². The molecule has 5 nitrogen and oxygen atoms in total. The molecule has 2 N–H and O–H groups in total. The largest absolute Gasteiger partial charge is 0.445 e. The summed E-state index contributed by atoms with van der Waals surface area (Å²) in [5.74, 6) is 0. The minimum Gasteiger partial charge on any atom is -0.445 e. The molecule has 0 saturated heterocycles. The molecule has 0 aliphatic rings. The van der Waals surface area contributed by atoms with E-state index < -0.39 is 6.09 Å². The number of alkyl carbamates (subject to hydrolysis) is 1. The van der Waals surface area contributed by atoms with E-state index >= 15 is 0 Å². The van der Waals surface area contributed by atoms with E-state index in [4.69, 9.17) is 14.6 Å². The molecule has 0 spiro atoms. The van der Waals surface area contributed by atoms with Gasteiger partial charge >= 0.3 is 6.09 Å². The lowest BCUT2D eigenvalue weighted by atomic mass is 10.2. The van der Waals surface area contributed by atoms with Crippen molar-refractivity contribution in [3.05, 3.63) is 48.6 Å². The van der Waals surface area contributed by atoms with Gasteiger partial charge in [0.15, 0.2) is 0 Å². The lowest BCUT2D eigenvalue weighted by Crippen LogP contribution is -2.39. The second-order valence-electron chi connectivity index (χ2n) is 4.24. The zero-order valence-electron chi connectivity index (χ0n) is 11.5. The fourth-order valence-electron chi connectivity index (χ4n) is 1.59. The summed E-state index contributed by atoms with van der Waals surface area (Å²) in [6.07, 6.45) is 1.37. The molecule has 0 fully saturated rings. The Morgan fingerprint density at radius 2 is 2.15 bits per heavy atom. The summed E-state index contributed by atoms with van der Waals surface area (Å²) in [6, 6.07) is 9.47. The number of ether oxygens (including phenoxy) is 2. The summed E-state index contributed by atoms with van der Waals surface area (Å²) >= 11 is 0. The van der Waals surface area contributed by atoms with Crippen LogP contribution in [-0.4, -0.2) is 37.1 Å². The second kappa shape index (κ2) is 10.00. The number of aliphatic hydroxyl groups is 1. The quantitative estimate of drug-likeness (QED) is 0.677. The highest BCUT2D eigenvalue weighted by Gasteiger charge is 2.12. The van der Waals surface area contributed by atoms with Gasteiger partial charge in [-0.2, -0.15) is 0 Å². The third-order valence-electron chi connectivity index (χ3n) is 2.56. The first-order chi connectivity index (χ1) is 9.76. The SMILES string of the molecule is C=CCOC(=O)NC(CCO)COCc1ccccc1. The lowest BCUT2D eigenvalue weighted by molar-refractivity contribution is 0.0845. The molecule has 0 aliphatic heterocycles. The van der Waals surface area contributed by atoms with Gasteiger partial charge in [-0.05, 0) is 12.0 Å². The summed E-state index contributed by atoms with van der Waals surface area (Å²) < 4.78 is 10.4. The van der Waals surface area contributed by atoms with Gasteiger partial charge in [0.1, 0.15) is 6.61 Å². The summed E-state index contributed by atoms with van der Waals surface area (Å²) in [5.41, 5.74) is 1.06. The molecule has 0 heterocycles. The third-order valence-corrected chi connectivity index (χ3v) is 2.56. The molecular weight excluding hydrogens is 258 g/mol. The van der Waals surface area contributed by atoms with Crippen molar-refractivity contribution in [2.45, 2.75) is 19.1 Å². The van der Waals surface area contributed by atoms with E-state index in [1.165, 1.54) is 6.08 Å². The van der Waals surface area contributed by atoms with Crippen LogP contribution in [-0.2, 0) is 16.1 Å². The zero-order chi connectivity index (χ0) is 14.6. The minimum atomic E-state index is -0.535. The monoisotopic (exact) mass is 279 g/mol. The molecule has 0 saturated carbocycles. The van der Waals surface area contributed by atoms with Gasteiger partial charge in [0.2, 0.25) is 0 Å². The van der Waals surface area contributed by atoms with Crippen molar-refractivity contribution in [3.63, 3.8) is 0 Å². The highest BCUT2D eigenvalue weighted by atomic mass is 16.5. The van der Waals surface area contributed by atoms with Gasteiger partial charge < -0.3 is 19.9 Å². The highest BCUT2D eigenvalue weighted by Crippen LogP contribution is 2.02. The number of carbonyl (C=O) groups excluding carboxylic acids is 1. The average molecular weight is 279 g/mol. The topological polar surface area (TPSA) is 67.8 Å². The van der Waals surface area contributed by atoms with Crippen LogP contribution in [0.2, 0.25) is 0 Å². The maximum atomic E-state index is 11.4. The van der Waals surface area contributed by atoms with E-state index in [1.54, 1.807) is 0 Å². The fraction of sp³-hybridized carbons (Fsp3) is 0.400. The van der Waals surface area contributed by atoms with Crippen LogP contribution in [0.15, 0.2) is 43.0 Å². The Hall–Kier alpha value is -1.85.